The van der Waals surface area contributed by atoms with Crippen molar-refractivity contribution in [1.82, 2.24) is 4.98 Å². The van der Waals surface area contributed by atoms with Crippen molar-refractivity contribution < 1.29 is 19.4 Å². The van der Waals surface area contributed by atoms with Crippen molar-refractivity contribution in [2.24, 2.45) is 0 Å². The number of halogens is 1. The van der Waals surface area contributed by atoms with E-state index in [1.165, 1.54) is 25.1 Å². The lowest BCUT2D eigenvalue weighted by atomic mass is 10.0. The summed E-state index contributed by atoms with van der Waals surface area (Å²) < 4.78 is 13.7. The standard InChI is InChI=1S/C22H22FN3O3/c1-14(28)25-18-6-3-15(4-7-18)16-11-20(19-13-17(23)5-8-21(19)29)26-22(12-16)24-9-2-10-27/h3-8,11-13,27,29H,2,9-10H2,1H3,(H,24,26)(H,25,28). The highest BCUT2D eigenvalue weighted by molar-refractivity contribution is 5.89. The maximum atomic E-state index is 13.7. The third-order valence-corrected chi connectivity index (χ3v) is 4.24. The lowest BCUT2D eigenvalue weighted by Gasteiger charge is -2.12. The predicted molar refractivity (Wildman–Crippen MR) is 111 cm³/mol. The van der Waals surface area contributed by atoms with E-state index in [1.54, 1.807) is 18.2 Å². The zero-order chi connectivity index (χ0) is 20.8. The fraction of sp³-hybridized carbons (Fsp3) is 0.182. The summed E-state index contributed by atoms with van der Waals surface area (Å²) in [5, 5.41) is 25.0. The highest BCUT2D eigenvalue weighted by Gasteiger charge is 2.12. The van der Waals surface area contributed by atoms with E-state index in [0.717, 1.165) is 11.1 Å². The molecule has 0 unspecified atom stereocenters. The molecule has 4 N–H and O–H groups in total. The minimum atomic E-state index is -0.473. The van der Waals surface area contributed by atoms with E-state index in [4.69, 9.17) is 5.11 Å². The molecular formula is C22H22FN3O3. The molecule has 3 aromatic rings. The van der Waals surface area contributed by atoms with E-state index in [-0.39, 0.29) is 23.8 Å². The maximum Gasteiger partial charge on any atom is 0.221 e. The van der Waals surface area contributed by atoms with Gasteiger partial charge in [0.2, 0.25) is 5.91 Å². The number of amides is 1. The average molecular weight is 395 g/mol. The number of anilines is 2. The first-order valence-corrected chi connectivity index (χ1v) is 9.20. The summed E-state index contributed by atoms with van der Waals surface area (Å²) in [4.78, 5) is 15.7. The van der Waals surface area contributed by atoms with Crippen LogP contribution in [-0.4, -0.2) is 34.3 Å². The molecule has 2 aromatic carbocycles. The molecule has 29 heavy (non-hydrogen) atoms. The second-order valence-corrected chi connectivity index (χ2v) is 6.55. The van der Waals surface area contributed by atoms with Crippen LogP contribution in [0, 0.1) is 5.82 Å². The van der Waals surface area contributed by atoms with E-state index in [1.807, 2.05) is 18.2 Å². The Bertz CT molecular complexity index is 1010. The molecule has 1 aromatic heterocycles. The molecule has 0 radical (unpaired) electrons. The number of phenols is 1. The fourth-order valence-corrected chi connectivity index (χ4v) is 2.88. The lowest BCUT2D eigenvalue weighted by Crippen LogP contribution is -2.06. The normalized spacial score (nSPS) is 10.6. The summed E-state index contributed by atoms with van der Waals surface area (Å²) in [6, 6.07) is 14.6. The average Bonchev–Trinajstić information content (AvgIpc) is 2.70. The van der Waals surface area contributed by atoms with Gasteiger partial charge in [0.25, 0.3) is 0 Å². The van der Waals surface area contributed by atoms with Crippen molar-refractivity contribution >= 4 is 17.4 Å². The first kappa shape index (κ1) is 20.3. The number of pyridine rings is 1. The van der Waals surface area contributed by atoms with Crippen molar-refractivity contribution in [3.05, 3.63) is 60.4 Å². The first-order chi connectivity index (χ1) is 14.0. The molecule has 0 fully saturated rings. The second-order valence-electron chi connectivity index (χ2n) is 6.55. The van der Waals surface area contributed by atoms with E-state index in [2.05, 4.69) is 15.6 Å². The Morgan fingerprint density at radius 3 is 2.52 bits per heavy atom. The maximum absolute atomic E-state index is 13.7. The minimum Gasteiger partial charge on any atom is -0.507 e. The molecule has 6 nitrogen and oxygen atoms in total. The van der Waals surface area contributed by atoms with Crippen LogP contribution in [-0.2, 0) is 4.79 Å². The van der Waals surface area contributed by atoms with Gasteiger partial charge in [-0.15, -0.1) is 0 Å². The molecule has 0 aliphatic heterocycles. The number of hydrogen-bond donors (Lipinski definition) is 4. The third kappa shape index (κ3) is 5.30. The van der Waals surface area contributed by atoms with Gasteiger partial charge in [0.05, 0.1) is 5.69 Å². The molecular weight excluding hydrogens is 373 g/mol. The number of aromatic hydroxyl groups is 1. The minimum absolute atomic E-state index is 0.0504. The van der Waals surface area contributed by atoms with Crippen LogP contribution in [0.3, 0.4) is 0 Å². The Hall–Kier alpha value is -3.45. The summed E-state index contributed by atoms with van der Waals surface area (Å²) in [5.41, 5.74) is 3.05. The zero-order valence-corrected chi connectivity index (χ0v) is 15.9. The largest absolute Gasteiger partial charge is 0.507 e. The molecule has 0 aliphatic carbocycles. The summed E-state index contributed by atoms with van der Waals surface area (Å²) in [7, 11) is 0. The van der Waals surface area contributed by atoms with E-state index in [0.29, 0.717) is 30.2 Å². The Morgan fingerprint density at radius 1 is 1.07 bits per heavy atom. The van der Waals surface area contributed by atoms with Gasteiger partial charge in [-0.1, -0.05) is 12.1 Å². The number of nitrogens with one attached hydrogen (secondary N) is 2. The number of rotatable bonds is 7. The van der Waals surface area contributed by atoms with Crippen LogP contribution < -0.4 is 10.6 Å². The van der Waals surface area contributed by atoms with E-state index in [9.17, 15) is 14.3 Å². The Morgan fingerprint density at radius 2 is 1.83 bits per heavy atom. The number of nitrogens with zero attached hydrogens (tertiary/aromatic N) is 1. The topological polar surface area (TPSA) is 94.5 Å². The van der Waals surface area contributed by atoms with Crippen molar-refractivity contribution in [1.29, 1.82) is 0 Å². The number of aromatic nitrogens is 1. The quantitative estimate of drug-likeness (QED) is 0.454. The summed E-state index contributed by atoms with van der Waals surface area (Å²) in [5.74, 6) is -0.153. The van der Waals surface area contributed by atoms with Crippen molar-refractivity contribution in [3.63, 3.8) is 0 Å². The van der Waals surface area contributed by atoms with Crippen LogP contribution in [0.2, 0.25) is 0 Å². The molecule has 0 spiro atoms. The second kappa shape index (κ2) is 9.16. The number of hydrogen-bond acceptors (Lipinski definition) is 5. The van der Waals surface area contributed by atoms with Gasteiger partial charge in [-0.05, 0) is 60.0 Å². The molecule has 0 saturated carbocycles. The Kier molecular flexibility index (Phi) is 6.41. The highest BCUT2D eigenvalue weighted by Crippen LogP contribution is 2.33. The van der Waals surface area contributed by atoms with Crippen LogP contribution in [0.1, 0.15) is 13.3 Å². The van der Waals surface area contributed by atoms with Crippen LogP contribution >= 0.6 is 0 Å². The van der Waals surface area contributed by atoms with Gasteiger partial charge < -0.3 is 20.8 Å². The number of carbonyl (C=O) groups excluding carboxylic acids is 1. The van der Waals surface area contributed by atoms with Crippen LogP contribution in [0.4, 0.5) is 15.9 Å². The van der Waals surface area contributed by atoms with Gasteiger partial charge in [-0.25, -0.2) is 9.37 Å². The smallest absolute Gasteiger partial charge is 0.221 e. The molecule has 3 rings (SSSR count). The number of carbonyl (C=O) groups is 1. The van der Waals surface area contributed by atoms with Gasteiger partial charge in [0, 0.05) is 31.3 Å². The summed E-state index contributed by atoms with van der Waals surface area (Å²) >= 11 is 0. The monoisotopic (exact) mass is 395 g/mol. The number of aliphatic hydroxyl groups is 1. The Labute approximate surface area is 168 Å². The predicted octanol–water partition coefficient (Wildman–Crippen LogP) is 4.01. The molecule has 0 saturated heterocycles. The SMILES string of the molecule is CC(=O)Nc1ccc(-c2cc(NCCCO)nc(-c3cc(F)ccc3O)c2)cc1. The molecule has 1 heterocycles. The lowest BCUT2D eigenvalue weighted by molar-refractivity contribution is -0.114. The van der Waals surface area contributed by atoms with Gasteiger partial charge in [0.1, 0.15) is 17.4 Å². The molecule has 0 aliphatic rings. The molecule has 0 atom stereocenters. The highest BCUT2D eigenvalue weighted by atomic mass is 19.1. The third-order valence-electron chi connectivity index (χ3n) is 4.24. The van der Waals surface area contributed by atoms with E-state index >= 15 is 0 Å². The Balaban J connectivity index is 2.02. The molecule has 7 heteroatoms. The fourth-order valence-electron chi connectivity index (χ4n) is 2.88. The van der Waals surface area contributed by atoms with Crippen LogP contribution in [0.15, 0.2) is 54.6 Å². The van der Waals surface area contributed by atoms with Gasteiger partial charge in [-0.3, -0.25) is 4.79 Å². The summed E-state index contributed by atoms with van der Waals surface area (Å²) in [6.07, 6.45) is 0.553. The van der Waals surface area contributed by atoms with Gasteiger partial charge in [-0.2, -0.15) is 0 Å². The number of phenolic OH excluding ortho intramolecular Hbond substituents is 1. The van der Waals surface area contributed by atoms with Gasteiger partial charge in [0.15, 0.2) is 0 Å². The van der Waals surface area contributed by atoms with Crippen molar-refractivity contribution in [2.75, 3.05) is 23.8 Å². The first-order valence-electron chi connectivity index (χ1n) is 9.20. The van der Waals surface area contributed by atoms with Gasteiger partial charge >= 0.3 is 0 Å². The van der Waals surface area contributed by atoms with E-state index < -0.39 is 5.82 Å². The van der Waals surface area contributed by atoms with Crippen molar-refractivity contribution in [2.45, 2.75) is 13.3 Å². The van der Waals surface area contributed by atoms with Crippen LogP contribution in [0.25, 0.3) is 22.4 Å². The molecule has 0 bridgehead atoms. The molecule has 1 amide bonds. The summed E-state index contributed by atoms with van der Waals surface area (Å²) in [6.45, 7) is 2.01. The number of benzene rings is 2. The number of aliphatic hydroxyl groups excluding tert-OH is 1. The van der Waals surface area contributed by atoms with Crippen molar-refractivity contribution in [3.8, 4) is 28.1 Å². The zero-order valence-electron chi connectivity index (χ0n) is 15.9. The van der Waals surface area contributed by atoms with Crippen LogP contribution in [0.5, 0.6) is 5.75 Å². The molecule has 150 valence electrons.